The van der Waals surface area contributed by atoms with Crippen molar-refractivity contribution in [1.29, 1.82) is 0 Å². The van der Waals surface area contributed by atoms with Gasteiger partial charge in [0, 0.05) is 10.4 Å². The van der Waals surface area contributed by atoms with Crippen molar-refractivity contribution in [3.8, 4) is 5.75 Å². The number of anilines is 2. The van der Waals surface area contributed by atoms with E-state index in [1.165, 1.54) is 21.2 Å². The number of rotatable bonds is 6. The number of aromatic nitrogens is 2. The van der Waals surface area contributed by atoms with Gasteiger partial charge < -0.3 is 19.2 Å². The third-order valence-electron chi connectivity index (χ3n) is 5.41. The zero-order chi connectivity index (χ0) is 22.2. The lowest BCUT2D eigenvalue weighted by atomic mass is 10.1. The topological polar surface area (TPSA) is 76.4 Å². The van der Waals surface area contributed by atoms with Crippen molar-refractivity contribution in [2.24, 2.45) is 0 Å². The van der Waals surface area contributed by atoms with Crippen molar-refractivity contribution in [3.05, 3.63) is 77.2 Å². The number of methoxy groups -OCH3 is 1. The van der Waals surface area contributed by atoms with Gasteiger partial charge in [0.2, 0.25) is 5.95 Å². The van der Waals surface area contributed by atoms with Crippen molar-refractivity contribution in [1.82, 2.24) is 9.55 Å². The Morgan fingerprint density at radius 2 is 1.94 bits per heavy atom. The van der Waals surface area contributed by atoms with Crippen molar-refractivity contribution < 1.29 is 13.5 Å². The Labute approximate surface area is 191 Å². The molecular weight excluding hydrogens is 442 g/mol. The number of aryl methyl sites for hydroxylation is 1. The number of thiophene rings is 1. The molecule has 2 N–H and O–H groups in total. The summed E-state index contributed by atoms with van der Waals surface area (Å²) in [5.74, 6) is 1.44. The van der Waals surface area contributed by atoms with Crippen molar-refractivity contribution in [2.45, 2.75) is 18.4 Å². The number of ether oxygens (including phenoxy) is 1. The molecular formula is C24H21N3O3S2. The van der Waals surface area contributed by atoms with E-state index in [1.54, 1.807) is 30.6 Å². The van der Waals surface area contributed by atoms with Gasteiger partial charge >= 0.3 is 0 Å². The van der Waals surface area contributed by atoms with Crippen molar-refractivity contribution in [3.63, 3.8) is 0 Å². The zero-order valence-electron chi connectivity index (χ0n) is 17.5. The zero-order valence-corrected chi connectivity index (χ0v) is 19.2. The lowest BCUT2D eigenvalue weighted by Gasteiger charge is -2.11. The number of benzene rings is 3. The van der Waals surface area contributed by atoms with Crippen LogP contribution >= 0.6 is 11.3 Å². The van der Waals surface area contributed by atoms with Crippen LogP contribution in [0.1, 0.15) is 11.1 Å². The lowest BCUT2D eigenvalue weighted by Crippen LogP contribution is -2.05. The monoisotopic (exact) mass is 463 g/mol. The second-order valence-corrected chi connectivity index (χ2v) is 9.42. The lowest BCUT2D eigenvalue weighted by molar-refractivity contribution is 0.415. The molecule has 2 aromatic heterocycles. The van der Waals surface area contributed by atoms with Gasteiger partial charge in [0.1, 0.15) is 5.75 Å². The van der Waals surface area contributed by atoms with E-state index in [2.05, 4.69) is 40.4 Å². The first-order valence-electron chi connectivity index (χ1n) is 10.0. The van der Waals surface area contributed by atoms with Crippen LogP contribution in [0.2, 0.25) is 0 Å². The Morgan fingerprint density at radius 3 is 2.69 bits per heavy atom. The molecule has 8 heteroatoms. The van der Waals surface area contributed by atoms with E-state index >= 15 is 0 Å². The summed E-state index contributed by atoms with van der Waals surface area (Å²) in [5, 5.41) is 6.82. The first kappa shape index (κ1) is 20.7. The van der Waals surface area contributed by atoms with Gasteiger partial charge in [-0.05, 0) is 71.8 Å². The Bertz CT molecular complexity index is 1460. The highest BCUT2D eigenvalue weighted by molar-refractivity contribution is 7.79. The van der Waals surface area contributed by atoms with Gasteiger partial charge in [0.25, 0.3) is 0 Å². The second kappa shape index (κ2) is 8.38. The minimum Gasteiger partial charge on any atom is -0.497 e. The third-order valence-corrected chi connectivity index (χ3v) is 7.07. The van der Waals surface area contributed by atoms with Crippen LogP contribution in [0.15, 0.2) is 70.9 Å². The highest BCUT2D eigenvalue weighted by Gasteiger charge is 2.15. The third kappa shape index (κ3) is 3.88. The largest absolute Gasteiger partial charge is 0.497 e. The summed E-state index contributed by atoms with van der Waals surface area (Å²) >= 11 is -0.330. The summed E-state index contributed by atoms with van der Waals surface area (Å²) in [7, 11) is 1.64. The molecule has 162 valence electrons. The van der Waals surface area contributed by atoms with Gasteiger partial charge in [-0.1, -0.05) is 17.7 Å². The van der Waals surface area contributed by atoms with E-state index in [4.69, 9.17) is 9.72 Å². The molecule has 32 heavy (non-hydrogen) atoms. The molecule has 0 aliphatic heterocycles. The molecule has 0 saturated heterocycles. The quantitative estimate of drug-likeness (QED) is 0.305. The van der Waals surface area contributed by atoms with Crippen LogP contribution in [0.3, 0.4) is 0 Å². The summed E-state index contributed by atoms with van der Waals surface area (Å²) < 4.78 is 29.7. The standard InChI is InChI=1S/C24H21N3O3S2/c1-15-3-10-23-20(11-15)16(14-31-23)13-27-22-9-8-19(32(28)29)12-21(22)26-24(27)25-17-4-6-18(30-2)7-5-17/h3-12,14H,13H2,1-2H3,(H,25,26)(H,28,29). The molecule has 0 fully saturated rings. The van der Waals surface area contributed by atoms with Crippen LogP contribution in [-0.4, -0.2) is 25.4 Å². The van der Waals surface area contributed by atoms with E-state index in [-0.39, 0.29) is 0 Å². The molecule has 6 nitrogen and oxygen atoms in total. The smallest absolute Gasteiger partial charge is 0.208 e. The Morgan fingerprint density at radius 1 is 1.12 bits per heavy atom. The van der Waals surface area contributed by atoms with Gasteiger partial charge in [-0.25, -0.2) is 9.19 Å². The molecule has 0 saturated carbocycles. The van der Waals surface area contributed by atoms with Gasteiger partial charge in [-0.2, -0.15) is 0 Å². The Hall–Kier alpha value is -3.20. The van der Waals surface area contributed by atoms with Gasteiger partial charge in [0.05, 0.1) is 29.6 Å². The van der Waals surface area contributed by atoms with Crippen LogP contribution < -0.4 is 10.1 Å². The molecule has 1 unspecified atom stereocenters. The summed E-state index contributed by atoms with van der Waals surface area (Å²) in [5.41, 5.74) is 4.86. The molecule has 0 radical (unpaired) electrons. The molecule has 5 aromatic rings. The van der Waals surface area contributed by atoms with Crippen LogP contribution in [0.25, 0.3) is 21.1 Å². The summed E-state index contributed by atoms with van der Waals surface area (Å²) in [6, 6.07) is 19.3. The number of imidazole rings is 1. The molecule has 0 spiro atoms. The van der Waals surface area contributed by atoms with Crippen LogP contribution in [0.4, 0.5) is 11.6 Å². The van der Waals surface area contributed by atoms with E-state index in [1.807, 2.05) is 30.3 Å². The van der Waals surface area contributed by atoms with Crippen molar-refractivity contribution >= 4 is 55.2 Å². The maximum Gasteiger partial charge on any atom is 0.208 e. The highest BCUT2D eigenvalue weighted by atomic mass is 32.2. The summed E-state index contributed by atoms with van der Waals surface area (Å²) in [6.45, 7) is 2.72. The van der Waals surface area contributed by atoms with E-state index in [0.717, 1.165) is 17.0 Å². The average Bonchev–Trinajstić information content (AvgIpc) is 3.35. The maximum atomic E-state index is 11.6. The van der Waals surface area contributed by atoms with E-state index < -0.39 is 11.1 Å². The minimum absolute atomic E-state index is 0.328. The molecule has 5 rings (SSSR count). The number of hydrogen-bond acceptors (Lipinski definition) is 5. The maximum absolute atomic E-state index is 11.6. The van der Waals surface area contributed by atoms with Crippen molar-refractivity contribution in [2.75, 3.05) is 12.4 Å². The highest BCUT2D eigenvalue weighted by Crippen LogP contribution is 2.31. The second-order valence-electron chi connectivity index (χ2n) is 7.54. The SMILES string of the molecule is COc1ccc(Nc2nc3cc(S(=O)O)ccc3n2Cc2csc3ccc(C)cc23)cc1. The molecule has 0 aliphatic rings. The first-order valence-corrected chi connectivity index (χ1v) is 12.0. The van der Waals surface area contributed by atoms with Gasteiger partial charge in [-0.3, -0.25) is 0 Å². The van der Waals surface area contributed by atoms with Gasteiger partial charge in [0.15, 0.2) is 11.1 Å². The molecule has 0 aliphatic carbocycles. The van der Waals surface area contributed by atoms with Gasteiger partial charge in [-0.15, -0.1) is 11.3 Å². The minimum atomic E-state index is -2.06. The molecule has 3 aromatic carbocycles. The normalized spacial score (nSPS) is 12.3. The predicted molar refractivity (Wildman–Crippen MR) is 131 cm³/mol. The number of nitrogens with one attached hydrogen (secondary N) is 1. The molecule has 0 bridgehead atoms. The fourth-order valence-electron chi connectivity index (χ4n) is 3.77. The number of nitrogens with zero attached hydrogens (tertiary/aromatic N) is 2. The summed E-state index contributed by atoms with van der Waals surface area (Å²) in [4.78, 5) is 5.08. The van der Waals surface area contributed by atoms with Crippen LogP contribution in [0.5, 0.6) is 5.75 Å². The molecule has 0 amide bonds. The average molecular weight is 464 g/mol. The van der Waals surface area contributed by atoms with Crippen LogP contribution in [0, 0.1) is 6.92 Å². The fourth-order valence-corrected chi connectivity index (χ4v) is 5.10. The van der Waals surface area contributed by atoms with E-state index in [9.17, 15) is 8.76 Å². The van der Waals surface area contributed by atoms with Crippen LogP contribution in [-0.2, 0) is 17.6 Å². The summed E-state index contributed by atoms with van der Waals surface area (Å²) in [6.07, 6.45) is 0. The number of hydrogen-bond donors (Lipinski definition) is 2. The fraction of sp³-hybridized carbons (Fsp3) is 0.125. The Balaban J connectivity index is 1.61. The first-order chi connectivity index (χ1) is 15.5. The predicted octanol–water partition coefficient (Wildman–Crippen LogP) is 5.94. The van der Waals surface area contributed by atoms with E-state index in [0.29, 0.717) is 22.9 Å². The number of fused-ring (bicyclic) bond motifs is 2. The molecule has 2 heterocycles. The Kier molecular flexibility index (Phi) is 5.42. The molecule has 1 atom stereocenters.